The summed E-state index contributed by atoms with van der Waals surface area (Å²) in [4.78, 5) is 12.3. The Morgan fingerprint density at radius 2 is 1.81 bits per heavy atom. The fraction of sp³-hybridized carbons (Fsp3) is 0.174. The molecule has 0 aromatic heterocycles. The van der Waals surface area contributed by atoms with Gasteiger partial charge in [0.15, 0.2) is 6.61 Å². The molecule has 0 saturated heterocycles. The fourth-order valence-corrected chi connectivity index (χ4v) is 4.53. The summed E-state index contributed by atoms with van der Waals surface area (Å²) in [6.07, 6.45) is 0. The van der Waals surface area contributed by atoms with Gasteiger partial charge in [-0.25, -0.2) is 12.8 Å². The number of nitrogens with one attached hydrogen (secondary N) is 2. The molecule has 6 nitrogen and oxygen atoms in total. The van der Waals surface area contributed by atoms with Gasteiger partial charge in [-0.15, -0.1) is 0 Å². The highest BCUT2D eigenvalue weighted by Gasteiger charge is 2.17. The van der Waals surface area contributed by atoms with Crippen molar-refractivity contribution in [2.75, 3.05) is 11.3 Å². The number of rotatable bonds is 8. The number of carbonyl (C=O) groups is 1. The van der Waals surface area contributed by atoms with E-state index in [1.807, 2.05) is 31.2 Å². The normalized spacial score (nSPS) is 12.1. The molecule has 0 heterocycles. The van der Waals surface area contributed by atoms with Crippen LogP contribution in [0, 0.1) is 12.7 Å². The monoisotopic (exact) mass is 520 g/mol. The van der Waals surface area contributed by atoms with Crippen LogP contribution in [0.5, 0.6) is 5.75 Å². The zero-order valence-electron chi connectivity index (χ0n) is 17.4. The minimum Gasteiger partial charge on any atom is -0.484 e. The molecule has 0 aliphatic carbocycles. The lowest BCUT2D eigenvalue weighted by Crippen LogP contribution is -2.31. The van der Waals surface area contributed by atoms with Crippen molar-refractivity contribution in [3.8, 4) is 5.75 Å². The van der Waals surface area contributed by atoms with Crippen LogP contribution in [0.3, 0.4) is 0 Å². The molecule has 0 aliphatic heterocycles. The van der Waals surface area contributed by atoms with E-state index in [0.717, 1.165) is 10.0 Å². The molecule has 0 radical (unpaired) electrons. The number of halogens is 2. The molecule has 3 aromatic carbocycles. The first-order chi connectivity index (χ1) is 15.1. The Morgan fingerprint density at radius 1 is 1.09 bits per heavy atom. The number of aryl methyl sites for hydroxylation is 1. The highest BCUT2D eigenvalue weighted by Crippen LogP contribution is 2.24. The molecule has 0 fully saturated rings. The summed E-state index contributed by atoms with van der Waals surface area (Å²) in [5.74, 6) is -0.358. The lowest BCUT2D eigenvalue weighted by molar-refractivity contribution is -0.123. The molecule has 1 atom stereocenters. The fourth-order valence-electron chi connectivity index (χ4n) is 2.97. The summed E-state index contributed by atoms with van der Waals surface area (Å²) in [6.45, 7) is 3.35. The number of carbonyl (C=O) groups excluding carboxylic acids is 1. The highest BCUT2D eigenvalue weighted by atomic mass is 79.9. The van der Waals surface area contributed by atoms with Crippen LogP contribution in [0.25, 0.3) is 0 Å². The third kappa shape index (κ3) is 6.30. The minimum atomic E-state index is -3.86. The molecule has 168 valence electrons. The quantitative estimate of drug-likeness (QED) is 0.439. The number of sulfonamides is 1. The van der Waals surface area contributed by atoms with Crippen LogP contribution >= 0.6 is 15.9 Å². The number of benzene rings is 3. The third-order valence-corrected chi connectivity index (χ3v) is 6.51. The maximum atomic E-state index is 13.0. The molecular weight excluding hydrogens is 499 g/mol. The number of anilines is 1. The number of ether oxygens (including phenoxy) is 1. The summed E-state index contributed by atoms with van der Waals surface area (Å²) in [5, 5.41) is 2.86. The van der Waals surface area contributed by atoms with Gasteiger partial charge < -0.3 is 10.1 Å². The van der Waals surface area contributed by atoms with Crippen molar-refractivity contribution >= 4 is 37.5 Å². The summed E-state index contributed by atoms with van der Waals surface area (Å²) in [7, 11) is -3.86. The van der Waals surface area contributed by atoms with E-state index in [9.17, 15) is 17.6 Å². The van der Waals surface area contributed by atoms with E-state index in [-0.39, 0.29) is 29.1 Å². The van der Waals surface area contributed by atoms with Crippen LogP contribution in [0.2, 0.25) is 0 Å². The van der Waals surface area contributed by atoms with Crippen molar-refractivity contribution in [1.82, 2.24) is 5.32 Å². The highest BCUT2D eigenvalue weighted by molar-refractivity contribution is 9.10. The van der Waals surface area contributed by atoms with Crippen molar-refractivity contribution < 1.29 is 22.3 Å². The average Bonchev–Trinajstić information content (AvgIpc) is 2.74. The van der Waals surface area contributed by atoms with Crippen LogP contribution in [-0.2, 0) is 14.8 Å². The van der Waals surface area contributed by atoms with Gasteiger partial charge in [0, 0.05) is 10.2 Å². The molecular formula is C23H22BrFN2O4S. The second-order valence-electron chi connectivity index (χ2n) is 7.17. The average molecular weight is 521 g/mol. The molecule has 32 heavy (non-hydrogen) atoms. The minimum absolute atomic E-state index is 0.0272. The van der Waals surface area contributed by atoms with Gasteiger partial charge in [0.25, 0.3) is 15.9 Å². The van der Waals surface area contributed by atoms with Gasteiger partial charge in [-0.2, -0.15) is 0 Å². The van der Waals surface area contributed by atoms with Crippen molar-refractivity contribution in [3.63, 3.8) is 0 Å². The molecule has 0 spiro atoms. The van der Waals surface area contributed by atoms with E-state index >= 15 is 0 Å². The number of amides is 1. The van der Waals surface area contributed by atoms with Crippen LogP contribution in [0.1, 0.15) is 24.1 Å². The standard InChI is InChI=1S/C23H22BrFN2O4S/c1-15-12-21(32(29,30)27-20-8-6-19(25)7-9-20)10-11-22(15)31-14-23(28)26-16(2)17-4-3-5-18(24)13-17/h3-13,16,27H,14H2,1-2H3,(H,26,28). The molecule has 0 aliphatic rings. The SMILES string of the molecule is Cc1cc(S(=O)(=O)Nc2ccc(F)cc2)ccc1OCC(=O)NC(C)c1cccc(Br)c1. The van der Waals surface area contributed by atoms with Gasteiger partial charge in [0.05, 0.1) is 10.9 Å². The van der Waals surface area contributed by atoms with E-state index in [1.54, 1.807) is 6.92 Å². The summed E-state index contributed by atoms with van der Waals surface area (Å²) in [5.41, 5.74) is 1.76. The molecule has 2 N–H and O–H groups in total. The Hall–Kier alpha value is -2.91. The zero-order chi connectivity index (χ0) is 23.3. The van der Waals surface area contributed by atoms with Crippen LogP contribution in [-0.4, -0.2) is 20.9 Å². The van der Waals surface area contributed by atoms with E-state index < -0.39 is 15.8 Å². The lowest BCUT2D eigenvalue weighted by atomic mass is 10.1. The van der Waals surface area contributed by atoms with Crippen LogP contribution in [0.4, 0.5) is 10.1 Å². The van der Waals surface area contributed by atoms with E-state index in [2.05, 4.69) is 26.0 Å². The predicted molar refractivity (Wildman–Crippen MR) is 125 cm³/mol. The Labute approximate surface area is 195 Å². The van der Waals surface area contributed by atoms with Crippen molar-refractivity contribution in [1.29, 1.82) is 0 Å². The Morgan fingerprint density at radius 3 is 2.47 bits per heavy atom. The molecule has 0 saturated carbocycles. The Balaban J connectivity index is 1.61. The molecule has 1 unspecified atom stereocenters. The van der Waals surface area contributed by atoms with E-state index in [0.29, 0.717) is 11.3 Å². The predicted octanol–water partition coefficient (Wildman–Crippen LogP) is 4.95. The molecule has 0 bridgehead atoms. The Bertz CT molecular complexity index is 1220. The van der Waals surface area contributed by atoms with Crippen LogP contribution < -0.4 is 14.8 Å². The second kappa shape index (κ2) is 10.1. The second-order valence-corrected chi connectivity index (χ2v) is 9.77. The van der Waals surface area contributed by atoms with Crippen molar-refractivity contribution in [3.05, 3.63) is 88.1 Å². The van der Waals surface area contributed by atoms with Gasteiger partial charge in [-0.05, 0) is 79.6 Å². The smallest absolute Gasteiger partial charge is 0.261 e. The van der Waals surface area contributed by atoms with Gasteiger partial charge in [-0.1, -0.05) is 28.1 Å². The first-order valence-corrected chi connectivity index (χ1v) is 12.0. The molecule has 1 amide bonds. The van der Waals surface area contributed by atoms with E-state index in [4.69, 9.17) is 4.74 Å². The summed E-state index contributed by atoms with van der Waals surface area (Å²) in [6, 6.07) is 16.8. The molecule has 9 heteroatoms. The van der Waals surface area contributed by atoms with E-state index in [1.165, 1.54) is 42.5 Å². The number of hydrogen-bond donors (Lipinski definition) is 2. The van der Waals surface area contributed by atoms with Gasteiger partial charge in [0.2, 0.25) is 0 Å². The van der Waals surface area contributed by atoms with Gasteiger partial charge in [0.1, 0.15) is 11.6 Å². The third-order valence-electron chi connectivity index (χ3n) is 4.64. The lowest BCUT2D eigenvalue weighted by Gasteiger charge is -2.16. The molecule has 3 aromatic rings. The summed E-state index contributed by atoms with van der Waals surface area (Å²) >= 11 is 3.41. The largest absolute Gasteiger partial charge is 0.484 e. The van der Waals surface area contributed by atoms with Gasteiger partial charge >= 0.3 is 0 Å². The molecule has 3 rings (SSSR count). The van der Waals surface area contributed by atoms with Crippen LogP contribution in [0.15, 0.2) is 76.1 Å². The van der Waals surface area contributed by atoms with Crippen molar-refractivity contribution in [2.45, 2.75) is 24.8 Å². The maximum absolute atomic E-state index is 13.0. The first-order valence-electron chi connectivity index (χ1n) is 9.71. The zero-order valence-corrected chi connectivity index (χ0v) is 19.8. The first kappa shape index (κ1) is 23.7. The number of hydrogen-bond acceptors (Lipinski definition) is 4. The Kier molecular flexibility index (Phi) is 7.52. The topological polar surface area (TPSA) is 84.5 Å². The van der Waals surface area contributed by atoms with Crippen molar-refractivity contribution in [2.24, 2.45) is 0 Å². The summed E-state index contributed by atoms with van der Waals surface area (Å²) < 4.78 is 47.1. The maximum Gasteiger partial charge on any atom is 0.261 e. The van der Waals surface area contributed by atoms with Gasteiger partial charge in [-0.3, -0.25) is 9.52 Å².